The first-order valence-electron chi connectivity index (χ1n) is 11.1. The summed E-state index contributed by atoms with van der Waals surface area (Å²) in [5, 5.41) is 8.53. The molecule has 6 nitrogen and oxygen atoms in total. The summed E-state index contributed by atoms with van der Waals surface area (Å²) >= 11 is 0. The van der Waals surface area contributed by atoms with E-state index in [1.54, 1.807) is 12.4 Å². The molecule has 6 rings (SSSR count). The van der Waals surface area contributed by atoms with Gasteiger partial charge in [0.25, 0.3) is 0 Å². The Balaban J connectivity index is 1.18. The molecule has 3 aliphatic rings. The van der Waals surface area contributed by atoms with Crippen LogP contribution in [0.15, 0.2) is 59.3 Å². The lowest BCUT2D eigenvalue weighted by atomic mass is 9.95. The Labute approximate surface area is 177 Å². The Morgan fingerprint density at radius 2 is 1.90 bits per heavy atom. The zero-order chi connectivity index (χ0) is 20.2. The van der Waals surface area contributed by atoms with Gasteiger partial charge < -0.3 is 9.32 Å². The fourth-order valence-electron chi connectivity index (χ4n) is 4.90. The third-order valence-corrected chi connectivity index (χ3v) is 6.40. The van der Waals surface area contributed by atoms with Gasteiger partial charge in [0.2, 0.25) is 11.8 Å². The normalized spacial score (nSPS) is 22.3. The van der Waals surface area contributed by atoms with Crippen LogP contribution in [-0.2, 0) is 13.0 Å². The van der Waals surface area contributed by atoms with Gasteiger partial charge in [0.05, 0.1) is 12.1 Å². The summed E-state index contributed by atoms with van der Waals surface area (Å²) in [4.78, 5) is 9.38. The predicted octanol–water partition coefficient (Wildman–Crippen LogP) is 3.66. The molecule has 1 aromatic carbocycles. The standard InChI is InChI=1S/C24H29N5O/c1-2-6-19(7-3-1)8-5-13-28-15-20-10-11-22(17-28)29(16-20)18-23-26-27-24(30-23)21-9-4-12-25-14-21/h1-4,6-7,9,12,14,20,22H,5,8,10-11,13,15-18H2/t20-,22+/m1/s1. The third-order valence-electron chi connectivity index (χ3n) is 6.40. The van der Waals surface area contributed by atoms with E-state index in [4.69, 9.17) is 4.42 Å². The molecule has 2 aromatic heterocycles. The van der Waals surface area contributed by atoms with E-state index in [2.05, 4.69) is 55.3 Å². The first kappa shape index (κ1) is 19.4. The number of hydrogen-bond donors (Lipinski definition) is 0. The minimum atomic E-state index is 0.556. The van der Waals surface area contributed by atoms with Crippen molar-refractivity contribution in [2.75, 3.05) is 26.2 Å². The van der Waals surface area contributed by atoms with Crippen molar-refractivity contribution in [1.82, 2.24) is 25.0 Å². The molecule has 2 atom stereocenters. The van der Waals surface area contributed by atoms with E-state index in [1.807, 2.05) is 12.1 Å². The molecule has 3 saturated heterocycles. The number of pyridine rings is 1. The van der Waals surface area contributed by atoms with Crippen molar-refractivity contribution < 1.29 is 4.42 Å². The number of rotatable bonds is 7. The van der Waals surface area contributed by atoms with Gasteiger partial charge in [-0.15, -0.1) is 10.2 Å². The summed E-state index contributed by atoms with van der Waals surface area (Å²) in [6.45, 7) is 5.42. The van der Waals surface area contributed by atoms with Crippen LogP contribution < -0.4 is 0 Å². The van der Waals surface area contributed by atoms with Gasteiger partial charge in [0.1, 0.15) is 0 Å². The second-order valence-corrected chi connectivity index (χ2v) is 8.62. The molecule has 0 spiro atoms. The van der Waals surface area contributed by atoms with Crippen LogP contribution in [0.1, 0.15) is 30.7 Å². The van der Waals surface area contributed by atoms with Crippen LogP contribution in [0.3, 0.4) is 0 Å². The second kappa shape index (κ2) is 9.06. The SMILES string of the molecule is c1ccc(CCCN2C[C@H]3CC[C@@H](C2)N(Cc2nnc(-c4cccnc4)o2)C3)cc1. The fourth-order valence-corrected chi connectivity index (χ4v) is 4.90. The molecule has 3 fully saturated rings. The fraction of sp³-hybridized carbons (Fsp3) is 0.458. The molecule has 156 valence electrons. The van der Waals surface area contributed by atoms with Crippen LogP contribution in [0.5, 0.6) is 0 Å². The topological polar surface area (TPSA) is 58.3 Å². The van der Waals surface area contributed by atoms with Gasteiger partial charge in [-0.1, -0.05) is 30.3 Å². The van der Waals surface area contributed by atoms with Crippen molar-refractivity contribution in [1.29, 1.82) is 0 Å². The summed E-state index contributed by atoms with van der Waals surface area (Å²) in [5.74, 6) is 2.00. The van der Waals surface area contributed by atoms with Crippen LogP contribution in [0.2, 0.25) is 0 Å². The molecule has 30 heavy (non-hydrogen) atoms. The molecular weight excluding hydrogens is 374 g/mol. The lowest BCUT2D eigenvalue weighted by Gasteiger charge is -2.35. The van der Waals surface area contributed by atoms with E-state index in [0.29, 0.717) is 17.8 Å². The van der Waals surface area contributed by atoms with E-state index in [1.165, 1.54) is 37.9 Å². The number of fused-ring (bicyclic) bond motifs is 4. The van der Waals surface area contributed by atoms with E-state index in [9.17, 15) is 0 Å². The highest BCUT2D eigenvalue weighted by Crippen LogP contribution is 2.29. The number of piperidine rings is 1. The Morgan fingerprint density at radius 3 is 2.77 bits per heavy atom. The number of nitrogens with zero attached hydrogens (tertiary/aromatic N) is 5. The maximum atomic E-state index is 5.94. The van der Waals surface area contributed by atoms with Gasteiger partial charge in [0, 0.05) is 38.1 Å². The molecule has 0 saturated carbocycles. The lowest BCUT2D eigenvalue weighted by Crippen LogP contribution is -2.43. The van der Waals surface area contributed by atoms with E-state index >= 15 is 0 Å². The highest BCUT2D eigenvalue weighted by Gasteiger charge is 2.35. The Hall–Kier alpha value is -2.57. The number of aryl methyl sites for hydroxylation is 1. The van der Waals surface area contributed by atoms with Crippen molar-refractivity contribution in [3.63, 3.8) is 0 Å². The Bertz CT molecular complexity index is 929. The second-order valence-electron chi connectivity index (χ2n) is 8.62. The maximum Gasteiger partial charge on any atom is 0.249 e. The van der Waals surface area contributed by atoms with Crippen LogP contribution in [0.4, 0.5) is 0 Å². The summed E-state index contributed by atoms with van der Waals surface area (Å²) < 4.78 is 5.94. The monoisotopic (exact) mass is 403 g/mol. The van der Waals surface area contributed by atoms with E-state index in [-0.39, 0.29) is 0 Å². The minimum Gasteiger partial charge on any atom is -0.419 e. The van der Waals surface area contributed by atoms with Gasteiger partial charge in [-0.3, -0.25) is 9.88 Å². The molecule has 0 radical (unpaired) electrons. The average molecular weight is 404 g/mol. The van der Waals surface area contributed by atoms with E-state index < -0.39 is 0 Å². The molecule has 0 N–H and O–H groups in total. The number of hydrogen-bond acceptors (Lipinski definition) is 6. The van der Waals surface area contributed by atoms with Crippen LogP contribution in [0.25, 0.3) is 11.5 Å². The van der Waals surface area contributed by atoms with Crippen molar-refractivity contribution in [3.05, 3.63) is 66.3 Å². The molecule has 0 amide bonds. The summed E-state index contributed by atoms with van der Waals surface area (Å²) in [6.07, 6.45) is 8.50. The van der Waals surface area contributed by atoms with Crippen LogP contribution >= 0.6 is 0 Å². The minimum absolute atomic E-state index is 0.556. The molecule has 6 heteroatoms. The van der Waals surface area contributed by atoms with Crippen LogP contribution in [-0.4, -0.2) is 57.2 Å². The molecule has 2 bridgehead atoms. The highest BCUT2D eigenvalue weighted by atomic mass is 16.4. The summed E-state index contributed by atoms with van der Waals surface area (Å²) in [7, 11) is 0. The highest BCUT2D eigenvalue weighted by molar-refractivity contribution is 5.49. The molecule has 3 aromatic rings. The van der Waals surface area contributed by atoms with Crippen molar-refractivity contribution in [3.8, 4) is 11.5 Å². The van der Waals surface area contributed by atoms with Crippen molar-refractivity contribution >= 4 is 0 Å². The predicted molar refractivity (Wildman–Crippen MR) is 116 cm³/mol. The largest absolute Gasteiger partial charge is 0.419 e. The average Bonchev–Trinajstić information content (AvgIpc) is 3.08. The third kappa shape index (κ3) is 4.60. The molecule has 0 aliphatic carbocycles. The van der Waals surface area contributed by atoms with Crippen molar-refractivity contribution in [2.45, 2.75) is 38.3 Å². The van der Waals surface area contributed by atoms with Gasteiger partial charge in [0.15, 0.2) is 0 Å². The summed E-state index contributed by atoms with van der Waals surface area (Å²) in [5.41, 5.74) is 2.32. The summed E-state index contributed by atoms with van der Waals surface area (Å²) in [6, 6.07) is 15.2. The zero-order valence-corrected chi connectivity index (χ0v) is 17.4. The lowest BCUT2D eigenvalue weighted by molar-refractivity contribution is 0.112. The number of benzene rings is 1. The zero-order valence-electron chi connectivity index (χ0n) is 17.4. The molecule has 0 unspecified atom stereocenters. The number of aromatic nitrogens is 3. The Morgan fingerprint density at radius 1 is 0.967 bits per heavy atom. The first-order valence-corrected chi connectivity index (χ1v) is 11.1. The van der Waals surface area contributed by atoms with E-state index in [0.717, 1.165) is 37.5 Å². The first-order chi connectivity index (χ1) is 14.8. The Kier molecular flexibility index (Phi) is 5.86. The molecule has 3 aliphatic heterocycles. The quantitative estimate of drug-likeness (QED) is 0.600. The van der Waals surface area contributed by atoms with Gasteiger partial charge in [-0.05, 0) is 55.8 Å². The van der Waals surface area contributed by atoms with Crippen molar-refractivity contribution in [2.24, 2.45) is 5.92 Å². The maximum absolute atomic E-state index is 5.94. The van der Waals surface area contributed by atoms with Gasteiger partial charge in [-0.2, -0.15) is 0 Å². The molecule has 5 heterocycles. The smallest absolute Gasteiger partial charge is 0.249 e. The molecular formula is C24H29N5O. The van der Waals surface area contributed by atoms with Crippen LogP contribution in [0, 0.1) is 5.92 Å². The van der Waals surface area contributed by atoms with Gasteiger partial charge in [-0.25, -0.2) is 0 Å². The van der Waals surface area contributed by atoms with Gasteiger partial charge >= 0.3 is 0 Å².